The number of primary amides is 1. The molecule has 0 aromatic rings. The minimum absolute atomic E-state index is 0.0213. The summed E-state index contributed by atoms with van der Waals surface area (Å²) in [5.74, 6) is -0.319. The Kier molecular flexibility index (Phi) is 4.22. The van der Waals surface area contributed by atoms with Gasteiger partial charge in [0.25, 0.3) is 0 Å². The monoisotopic (exact) mass is 199 g/mol. The summed E-state index contributed by atoms with van der Waals surface area (Å²) in [7, 11) is 0. The van der Waals surface area contributed by atoms with Gasteiger partial charge in [0.2, 0.25) is 5.91 Å². The predicted molar refractivity (Wildman–Crippen MR) is 52.6 cm³/mol. The smallest absolute Gasteiger partial charge is 0.317 e. The fraction of sp³-hybridized carbons (Fsp3) is 0.778. The van der Waals surface area contributed by atoms with Crippen LogP contribution in [0.3, 0.4) is 0 Å². The zero-order valence-electron chi connectivity index (χ0n) is 8.29. The highest BCUT2D eigenvalue weighted by Crippen LogP contribution is 2.06. The van der Waals surface area contributed by atoms with E-state index in [1.165, 1.54) is 0 Å². The summed E-state index contributed by atoms with van der Waals surface area (Å²) in [6.07, 6.45) is 3.14. The van der Waals surface area contributed by atoms with Gasteiger partial charge in [-0.15, -0.1) is 0 Å². The van der Waals surface area contributed by atoms with Gasteiger partial charge < -0.3 is 16.0 Å². The number of urea groups is 1. The zero-order chi connectivity index (χ0) is 10.4. The molecule has 0 atom stereocenters. The van der Waals surface area contributed by atoms with Gasteiger partial charge in [-0.1, -0.05) is 0 Å². The highest BCUT2D eigenvalue weighted by molar-refractivity contribution is 5.75. The third kappa shape index (κ3) is 3.64. The lowest BCUT2D eigenvalue weighted by Gasteiger charge is -2.15. The third-order valence-corrected chi connectivity index (χ3v) is 2.27. The fourth-order valence-electron chi connectivity index (χ4n) is 1.49. The van der Waals surface area contributed by atoms with Crippen LogP contribution < -0.4 is 11.1 Å². The van der Waals surface area contributed by atoms with Crippen LogP contribution in [0.2, 0.25) is 0 Å². The SMILES string of the molecule is NC(=O)CCCNC(=O)N1CCCC1. The largest absolute Gasteiger partial charge is 0.370 e. The second kappa shape index (κ2) is 5.47. The van der Waals surface area contributed by atoms with Gasteiger partial charge in [-0.2, -0.15) is 0 Å². The zero-order valence-corrected chi connectivity index (χ0v) is 8.29. The molecule has 1 aliphatic rings. The van der Waals surface area contributed by atoms with Gasteiger partial charge in [0, 0.05) is 26.1 Å². The quantitative estimate of drug-likeness (QED) is 0.628. The third-order valence-electron chi connectivity index (χ3n) is 2.27. The van der Waals surface area contributed by atoms with E-state index in [9.17, 15) is 9.59 Å². The predicted octanol–water partition coefficient (Wildman–Crippen LogP) is 0.0573. The first-order valence-corrected chi connectivity index (χ1v) is 5.01. The molecule has 14 heavy (non-hydrogen) atoms. The molecular formula is C9H17N3O2. The van der Waals surface area contributed by atoms with E-state index in [1.54, 1.807) is 4.90 Å². The topological polar surface area (TPSA) is 75.4 Å². The minimum atomic E-state index is -0.319. The van der Waals surface area contributed by atoms with Crippen molar-refractivity contribution in [3.8, 4) is 0 Å². The number of hydrogen-bond donors (Lipinski definition) is 2. The first-order chi connectivity index (χ1) is 6.70. The molecule has 0 radical (unpaired) electrons. The van der Waals surface area contributed by atoms with E-state index >= 15 is 0 Å². The van der Waals surface area contributed by atoms with Gasteiger partial charge in [-0.25, -0.2) is 4.79 Å². The maximum Gasteiger partial charge on any atom is 0.317 e. The van der Waals surface area contributed by atoms with Crippen molar-refractivity contribution in [2.45, 2.75) is 25.7 Å². The average Bonchev–Trinajstić information content (AvgIpc) is 2.64. The molecule has 0 bridgehead atoms. The molecule has 1 heterocycles. The molecule has 0 spiro atoms. The van der Waals surface area contributed by atoms with Crippen molar-refractivity contribution >= 4 is 11.9 Å². The Bertz CT molecular complexity index is 212. The summed E-state index contributed by atoms with van der Waals surface area (Å²) in [4.78, 5) is 23.6. The van der Waals surface area contributed by atoms with Crippen molar-refractivity contribution in [3.63, 3.8) is 0 Å². The van der Waals surface area contributed by atoms with Gasteiger partial charge >= 0.3 is 6.03 Å². The Hall–Kier alpha value is -1.26. The molecule has 1 fully saturated rings. The molecular weight excluding hydrogens is 182 g/mol. The second-order valence-electron chi connectivity index (χ2n) is 3.50. The van der Waals surface area contributed by atoms with Gasteiger partial charge in [-0.05, 0) is 19.3 Å². The fourth-order valence-corrected chi connectivity index (χ4v) is 1.49. The molecule has 0 aromatic carbocycles. The molecule has 5 heteroatoms. The molecule has 0 unspecified atom stereocenters. The van der Waals surface area contributed by atoms with E-state index in [0.717, 1.165) is 25.9 Å². The Morgan fingerprint density at radius 1 is 1.29 bits per heavy atom. The lowest BCUT2D eigenvalue weighted by molar-refractivity contribution is -0.118. The molecule has 3 N–H and O–H groups in total. The molecule has 0 aliphatic carbocycles. The van der Waals surface area contributed by atoms with E-state index in [1.807, 2.05) is 0 Å². The van der Waals surface area contributed by atoms with E-state index < -0.39 is 0 Å². The molecule has 1 aliphatic heterocycles. The minimum Gasteiger partial charge on any atom is -0.370 e. The van der Waals surface area contributed by atoms with Crippen molar-refractivity contribution in [2.24, 2.45) is 5.73 Å². The van der Waals surface area contributed by atoms with Crippen LogP contribution in [-0.4, -0.2) is 36.5 Å². The summed E-state index contributed by atoms with van der Waals surface area (Å²) >= 11 is 0. The number of carbonyl (C=O) groups is 2. The van der Waals surface area contributed by atoms with Crippen LogP contribution in [0.25, 0.3) is 0 Å². The molecule has 0 aromatic heterocycles. The van der Waals surface area contributed by atoms with Crippen LogP contribution in [0, 0.1) is 0 Å². The number of hydrogen-bond acceptors (Lipinski definition) is 2. The lowest BCUT2D eigenvalue weighted by atomic mass is 10.3. The van der Waals surface area contributed by atoms with Crippen molar-refractivity contribution in [3.05, 3.63) is 0 Å². The summed E-state index contributed by atoms with van der Waals surface area (Å²) in [6.45, 7) is 2.22. The molecule has 80 valence electrons. The summed E-state index contributed by atoms with van der Waals surface area (Å²) in [6, 6.07) is -0.0213. The highest BCUT2D eigenvalue weighted by atomic mass is 16.2. The van der Waals surface area contributed by atoms with E-state index in [4.69, 9.17) is 5.73 Å². The van der Waals surface area contributed by atoms with Crippen LogP contribution in [0.4, 0.5) is 4.79 Å². The van der Waals surface area contributed by atoms with Crippen LogP contribution in [0.5, 0.6) is 0 Å². The van der Waals surface area contributed by atoms with E-state index in [2.05, 4.69) is 5.32 Å². The molecule has 1 saturated heterocycles. The number of rotatable bonds is 4. The highest BCUT2D eigenvalue weighted by Gasteiger charge is 2.16. The average molecular weight is 199 g/mol. The molecule has 5 nitrogen and oxygen atoms in total. The molecule has 0 saturated carbocycles. The van der Waals surface area contributed by atoms with Gasteiger partial charge in [-0.3, -0.25) is 4.79 Å². The number of carbonyl (C=O) groups excluding carboxylic acids is 2. The van der Waals surface area contributed by atoms with Crippen molar-refractivity contribution in [1.82, 2.24) is 10.2 Å². The van der Waals surface area contributed by atoms with Crippen molar-refractivity contribution < 1.29 is 9.59 Å². The molecule has 3 amide bonds. The van der Waals surface area contributed by atoms with Gasteiger partial charge in [0.15, 0.2) is 0 Å². The van der Waals surface area contributed by atoms with Crippen molar-refractivity contribution in [2.75, 3.05) is 19.6 Å². The normalized spacial score (nSPS) is 15.6. The van der Waals surface area contributed by atoms with Crippen LogP contribution in [0.15, 0.2) is 0 Å². The van der Waals surface area contributed by atoms with Crippen LogP contribution >= 0.6 is 0 Å². The second-order valence-corrected chi connectivity index (χ2v) is 3.50. The number of nitrogens with two attached hydrogens (primary N) is 1. The maximum atomic E-state index is 11.4. The first kappa shape index (κ1) is 10.8. The Morgan fingerprint density at radius 2 is 1.93 bits per heavy atom. The maximum absolute atomic E-state index is 11.4. The Balaban J connectivity index is 2.05. The number of nitrogens with one attached hydrogen (secondary N) is 1. The molecule has 1 rings (SSSR count). The lowest BCUT2D eigenvalue weighted by Crippen LogP contribution is -2.38. The summed E-state index contributed by atoms with van der Waals surface area (Å²) in [5.41, 5.74) is 4.97. The van der Waals surface area contributed by atoms with Crippen molar-refractivity contribution in [1.29, 1.82) is 0 Å². The van der Waals surface area contributed by atoms with Crippen LogP contribution in [0.1, 0.15) is 25.7 Å². The van der Waals surface area contributed by atoms with Crippen LogP contribution in [-0.2, 0) is 4.79 Å². The first-order valence-electron chi connectivity index (χ1n) is 5.01. The summed E-state index contributed by atoms with van der Waals surface area (Å²) in [5, 5.41) is 2.76. The van der Waals surface area contributed by atoms with E-state index in [0.29, 0.717) is 19.4 Å². The number of amides is 3. The Labute approximate surface area is 83.6 Å². The Morgan fingerprint density at radius 3 is 2.50 bits per heavy atom. The van der Waals surface area contributed by atoms with E-state index in [-0.39, 0.29) is 11.9 Å². The standard InChI is InChI=1S/C9H17N3O2/c10-8(13)4-3-5-11-9(14)12-6-1-2-7-12/h1-7H2,(H2,10,13)(H,11,14). The number of likely N-dealkylation sites (tertiary alicyclic amines) is 1. The van der Waals surface area contributed by atoms with Gasteiger partial charge in [0.05, 0.1) is 0 Å². The van der Waals surface area contributed by atoms with Gasteiger partial charge in [0.1, 0.15) is 0 Å². The summed E-state index contributed by atoms with van der Waals surface area (Å²) < 4.78 is 0. The number of nitrogens with zero attached hydrogens (tertiary/aromatic N) is 1.